The standard InChI is InChI=1S/C13H15NO2/c1-13(2,14)8-10(15)12-7-9-5-3-4-6-11(9)16-12/h3-7H,8,14H2,1-2H3. The zero-order valence-electron chi connectivity index (χ0n) is 9.49. The van der Waals surface area contributed by atoms with E-state index in [0.29, 0.717) is 5.76 Å². The van der Waals surface area contributed by atoms with Gasteiger partial charge in [0, 0.05) is 17.3 Å². The summed E-state index contributed by atoms with van der Waals surface area (Å²) in [5, 5.41) is 0.945. The van der Waals surface area contributed by atoms with Crippen molar-refractivity contribution in [2.45, 2.75) is 25.8 Å². The second-order valence-corrected chi connectivity index (χ2v) is 4.74. The molecule has 2 N–H and O–H groups in total. The van der Waals surface area contributed by atoms with Crippen LogP contribution in [-0.4, -0.2) is 11.3 Å². The molecule has 3 heteroatoms. The fourth-order valence-corrected chi connectivity index (χ4v) is 1.62. The van der Waals surface area contributed by atoms with Crippen LogP contribution in [0.4, 0.5) is 0 Å². The predicted molar refractivity (Wildman–Crippen MR) is 63.4 cm³/mol. The fourth-order valence-electron chi connectivity index (χ4n) is 1.62. The highest BCUT2D eigenvalue weighted by molar-refractivity contribution is 5.98. The molecule has 0 amide bonds. The molecule has 0 saturated carbocycles. The average molecular weight is 217 g/mol. The second kappa shape index (κ2) is 3.76. The maximum Gasteiger partial charge on any atom is 0.199 e. The Balaban J connectivity index is 2.30. The summed E-state index contributed by atoms with van der Waals surface area (Å²) in [7, 11) is 0. The minimum atomic E-state index is -0.504. The van der Waals surface area contributed by atoms with Gasteiger partial charge in [-0.15, -0.1) is 0 Å². The van der Waals surface area contributed by atoms with Crippen molar-refractivity contribution in [1.29, 1.82) is 0 Å². The Morgan fingerprint density at radius 1 is 1.38 bits per heavy atom. The van der Waals surface area contributed by atoms with Crippen molar-refractivity contribution >= 4 is 16.8 Å². The van der Waals surface area contributed by atoms with Crippen LogP contribution in [0.15, 0.2) is 34.7 Å². The van der Waals surface area contributed by atoms with Crippen molar-refractivity contribution in [2.24, 2.45) is 5.73 Å². The van der Waals surface area contributed by atoms with Crippen LogP contribution in [-0.2, 0) is 0 Å². The molecule has 1 heterocycles. The summed E-state index contributed by atoms with van der Waals surface area (Å²) in [4.78, 5) is 11.9. The largest absolute Gasteiger partial charge is 0.453 e. The molecule has 0 aliphatic heterocycles. The van der Waals surface area contributed by atoms with E-state index in [9.17, 15) is 4.79 Å². The number of fused-ring (bicyclic) bond motifs is 1. The van der Waals surface area contributed by atoms with E-state index < -0.39 is 5.54 Å². The smallest absolute Gasteiger partial charge is 0.199 e. The first-order valence-corrected chi connectivity index (χ1v) is 5.26. The van der Waals surface area contributed by atoms with E-state index >= 15 is 0 Å². The molecule has 0 spiro atoms. The van der Waals surface area contributed by atoms with Gasteiger partial charge in [-0.2, -0.15) is 0 Å². The third-order valence-electron chi connectivity index (χ3n) is 2.32. The Bertz CT molecular complexity index is 487. The molecular formula is C13H15NO2. The van der Waals surface area contributed by atoms with Crippen molar-refractivity contribution in [3.8, 4) is 0 Å². The molecule has 3 nitrogen and oxygen atoms in total. The summed E-state index contributed by atoms with van der Waals surface area (Å²) in [5.74, 6) is 0.337. The Hall–Kier alpha value is -1.61. The quantitative estimate of drug-likeness (QED) is 0.804. The first kappa shape index (κ1) is 10.9. The normalized spacial score (nSPS) is 11.9. The predicted octanol–water partition coefficient (Wildman–Crippen LogP) is 2.74. The van der Waals surface area contributed by atoms with Gasteiger partial charge in [-0.3, -0.25) is 4.79 Å². The number of rotatable bonds is 3. The number of hydrogen-bond acceptors (Lipinski definition) is 3. The summed E-state index contributed by atoms with van der Waals surface area (Å²) in [6, 6.07) is 9.33. The third kappa shape index (κ3) is 2.31. The maximum atomic E-state index is 11.9. The third-order valence-corrected chi connectivity index (χ3v) is 2.32. The number of Topliss-reactive ketones (excluding diaryl/α,β-unsaturated/α-hetero) is 1. The first-order valence-electron chi connectivity index (χ1n) is 5.26. The molecule has 1 aromatic heterocycles. The summed E-state index contributed by atoms with van der Waals surface area (Å²) < 4.78 is 5.47. The zero-order valence-corrected chi connectivity index (χ0v) is 9.49. The molecule has 0 aliphatic rings. The highest BCUT2D eigenvalue weighted by atomic mass is 16.3. The minimum Gasteiger partial charge on any atom is -0.453 e. The van der Waals surface area contributed by atoms with Crippen LogP contribution in [0.2, 0.25) is 0 Å². The number of benzene rings is 1. The lowest BCUT2D eigenvalue weighted by atomic mass is 9.98. The van der Waals surface area contributed by atoms with E-state index in [1.165, 1.54) is 0 Å². The van der Waals surface area contributed by atoms with Gasteiger partial charge in [0.15, 0.2) is 11.5 Å². The highest BCUT2D eigenvalue weighted by Gasteiger charge is 2.20. The van der Waals surface area contributed by atoms with Crippen LogP contribution in [0.5, 0.6) is 0 Å². The van der Waals surface area contributed by atoms with Crippen molar-refractivity contribution < 1.29 is 9.21 Å². The van der Waals surface area contributed by atoms with E-state index in [1.807, 2.05) is 38.1 Å². The second-order valence-electron chi connectivity index (χ2n) is 4.74. The molecule has 0 unspecified atom stereocenters. The Labute approximate surface area is 94.2 Å². The molecule has 2 aromatic rings. The Morgan fingerprint density at radius 2 is 2.06 bits per heavy atom. The molecule has 0 fully saturated rings. The van der Waals surface area contributed by atoms with Crippen molar-refractivity contribution in [2.75, 3.05) is 0 Å². The number of carbonyl (C=O) groups excluding carboxylic acids is 1. The van der Waals surface area contributed by atoms with Crippen molar-refractivity contribution in [3.05, 3.63) is 36.1 Å². The average Bonchev–Trinajstić information content (AvgIpc) is 2.58. The van der Waals surface area contributed by atoms with Gasteiger partial charge < -0.3 is 10.2 Å². The highest BCUT2D eigenvalue weighted by Crippen LogP contribution is 2.21. The summed E-state index contributed by atoms with van der Waals surface area (Å²) in [6.45, 7) is 3.65. The number of nitrogens with two attached hydrogens (primary N) is 1. The molecule has 0 atom stereocenters. The van der Waals surface area contributed by atoms with Crippen LogP contribution in [0, 0.1) is 0 Å². The van der Waals surface area contributed by atoms with E-state index in [4.69, 9.17) is 10.2 Å². The summed E-state index contributed by atoms with van der Waals surface area (Å²) >= 11 is 0. The van der Waals surface area contributed by atoms with Gasteiger partial charge >= 0.3 is 0 Å². The van der Waals surface area contributed by atoms with E-state index in [0.717, 1.165) is 11.0 Å². The van der Waals surface area contributed by atoms with E-state index in [2.05, 4.69) is 0 Å². The van der Waals surface area contributed by atoms with Crippen molar-refractivity contribution in [1.82, 2.24) is 0 Å². The monoisotopic (exact) mass is 217 g/mol. The van der Waals surface area contributed by atoms with Gasteiger partial charge in [0.2, 0.25) is 0 Å². The first-order chi connectivity index (χ1) is 7.46. The lowest BCUT2D eigenvalue weighted by Crippen LogP contribution is -2.34. The summed E-state index contributed by atoms with van der Waals surface area (Å²) in [5.41, 5.74) is 6.04. The van der Waals surface area contributed by atoms with Gasteiger partial charge in [-0.25, -0.2) is 0 Å². The number of carbonyl (C=O) groups is 1. The van der Waals surface area contributed by atoms with Gasteiger partial charge in [-0.1, -0.05) is 18.2 Å². The number of para-hydroxylation sites is 1. The number of furan rings is 1. The van der Waals surface area contributed by atoms with E-state index in [-0.39, 0.29) is 12.2 Å². The molecule has 0 saturated heterocycles. The Kier molecular flexibility index (Phi) is 2.56. The van der Waals surface area contributed by atoms with Crippen molar-refractivity contribution in [3.63, 3.8) is 0 Å². The molecule has 0 aliphatic carbocycles. The lowest BCUT2D eigenvalue weighted by Gasteiger charge is -2.15. The topological polar surface area (TPSA) is 56.2 Å². The molecule has 1 aromatic carbocycles. The van der Waals surface area contributed by atoms with Gasteiger partial charge in [0.25, 0.3) is 0 Å². The van der Waals surface area contributed by atoms with Crippen LogP contribution in [0.1, 0.15) is 30.8 Å². The molecule has 0 bridgehead atoms. The molecular weight excluding hydrogens is 202 g/mol. The number of hydrogen-bond donors (Lipinski definition) is 1. The Morgan fingerprint density at radius 3 is 2.69 bits per heavy atom. The van der Waals surface area contributed by atoms with Gasteiger partial charge in [0.1, 0.15) is 5.58 Å². The minimum absolute atomic E-state index is 0.0521. The SMILES string of the molecule is CC(C)(N)CC(=O)c1cc2ccccc2o1. The van der Waals surface area contributed by atoms with E-state index in [1.54, 1.807) is 6.07 Å². The van der Waals surface area contributed by atoms with Gasteiger partial charge in [-0.05, 0) is 26.0 Å². The van der Waals surface area contributed by atoms with Crippen LogP contribution in [0.25, 0.3) is 11.0 Å². The molecule has 0 radical (unpaired) electrons. The fraction of sp³-hybridized carbons (Fsp3) is 0.308. The molecule has 2 rings (SSSR count). The van der Waals surface area contributed by atoms with Crippen LogP contribution < -0.4 is 5.73 Å². The molecule has 84 valence electrons. The lowest BCUT2D eigenvalue weighted by molar-refractivity contribution is 0.0935. The van der Waals surface area contributed by atoms with Crippen LogP contribution in [0.3, 0.4) is 0 Å². The number of ketones is 1. The zero-order chi connectivity index (χ0) is 11.8. The van der Waals surface area contributed by atoms with Gasteiger partial charge in [0.05, 0.1) is 0 Å². The molecule has 16 heavy (non-hydrogen) atoms. The van der Waals surface area contributed by atoms with Crippen LogP contribution >= 0.6 is 0 Å². The maximum absolute atomic E-state index is 11.9. The summed E-state index contributed by atoms with van der Waals surface area (Å²) in [6.07, 6.45) is 0.285.